The average Bonchev–Trinajstić information content (AvgIpc) is 2.60. The molecule has 0 N–H and O–H groups in total. The predicted octanol–water partition coefficient (Wildman–Crippen LogP) is 7.49. The van der Waals surface area contributed by atoms with Crippen molar-refractivity contribution in [1.82, 2.24) is 0 Å². The Hall–Kier alpha value is -1.28. The summed E-state index contributed by atoms with van der Waals surface area (Å²) in [5.74, 6) is 1.94. The fourth-order valence-electron chi connectivity index (χ4n) is 3.88. The minimum Gasteiger partial charge on any atom is -0.465 e. The minimum absolute atomic E-state index is 0.171. The first-order valence-electron chi connectivity index (χ1n) is 10.8. The van der Waals surface area contributed by atoms with Crippen molar-refractivity contribution < 1.29 is 9.47 Å². The van der Waals surface area contributed by atoms with Gasteiger partial charge in [0.25, 0.3) is 0 Å². The summed E-state index contributed by atoms with van der Waals surface area (Å²) in [6.45, 7) is 13.4. The number of allylic oxidation sites excluding steroid dienone is 2. The van der Waals surface area contributed by atoms with Gasteiger partial charge in [-0.3, -0.25) is 0 Å². The molecule has 0 saturated heterocycles. The van der Waals surface area contributed by atoms with E-state index in [9.17, 15) is 0 Å². The van der Waals surface area contributed by atoms with Crippen LogP contribution in [-0.2, 0) is 4.74 Å². The lowest BCUT2D eigenvalue weighted by Gasteiger charge is -2.31. The smallest absolute Gasteiger partial charge is 0.200 e. The summed E-state index contributed by atoms with van der Waals surface area (Å²) in [6, 6.07) is 8.62. The van der Waals surface area contributed by atoms with Crippen LogP contribution in [0.25, 0.3) is 0 Å². The maximum absolute atomic E-state index is 6.39. The van der Waals surface area contributed by atoms with Crippen LogP contribution in [0, 0.1) is 11.3 Å². The molecular weight excluding hydrogens is 332 g/mol. The molecule has 2 rings (SSSR count). The molecule has 0 radical (unpaired) electrons. The summed E-state index contributed by atoms with van der Waals surface area (Å²) in [6.07, 6.45) is 11.8. The summed E-state index contributed by atoms with van der Waals surface area (Å²) in [7, 11) is 0. The molecule has 1 saturated carbocycles. The molecule has 0 amide bonds. The molecule has 0 heterocycles. The molecule has 2 nitrogen and oxygen atoms in total. The van der Waals surface area contributed by atoms with Gasteiger partial charge in [-0.25, -0.2) is 0 Å². The second-order valence-electron chi connectivity index (χ2n) is 9.57. The Kier molecular flexibility index (Phi) is 8.41. The number of benzene rings is 1. The number of rotatable bonds is 8. The first kappa shape index (κ1) is 22.0. The van der Waals surface area contributed by atoms with Gasteiger partial charge in [-0.1, -0.05) is 78.2 Å². The van der Waals surface area contributed by atoms with Crippen LogP contribution in [-0.4, -0.2) is 12.4 Å². The van der Waals surface area contributed by atoms with Crippen molar-refractivity contribution >= 4 is 0 Å². The Morgan fingerprint density at radius 2 is 1.67 bits per heavy atom. The lowest BCUT2D eigenvalue weighted by molar-refractivity contribution is -0.142. The van der Waals surface area contributed by atoms with Crippen molar-refractivity contribution in [2.75, 3.05) is 0 Å². The number of hydrogen-bond acceptors (Lipinski definition) is 2. The maximum Gasteiger partial charge on any atom is 0.200 e. The van der Waals surface area contributed by atoms with Gasteiger partial charge in [0.05, 0.1) is 6.10 Å². The molecule has 0 bridgehead atoms. The molecule has 1 aliphatic rings. The molecule has 1 aromatic rings. The number of ether oxygens (including phenoxy) is 2. The van der Waals surface area contributed by atoms with E-state index in [0.29, 0.717) is 17.9 Å². The zero-order valence-corrected chi connectivity index (χ0v) is 18.3. The maximum atomic E-state index is 6.39. The average molecular weight is 373 g/mol. The highest BCUT2D eigenvalue weighted by molar-refractivity contribution is 5.32. The van der Waals surface area contributed by atoms with Crippen LogP contribution < -0.4 is 4.74 Å². The van der Waals surface area contributed by atoms with E-state index in [1.54, 1.807) is 0 Å². The molecule has 2 unspecified atom stereocenters. The van der Waals surface area contributed by atoms with Crippen molar-refractivity contribution in [3.05, 3.63) is 42.0 Å². The second-order valence-corrected chi connectivity index (χ2v) is 9.57. The van der Waals surface area contributed by atoms with Crippen molar-refractivity contribution in [2.45, 2.75) is 98.4 Å². The zero-order chi connectivity index (χ0) is 19.9. The van der Waals surface area contributed by atoms with Crippen LogP contribution in [0.4, 0.5) is 0 Å². The molecular formula is C25H40O2. The van der Waals surface area contributed by atoms with E-state index in [0.717, 1.165) is 12.2 Å². The van der Waals surface area contributed by atoms with Gasteiger partial charge in [-0.2, -0.15) is 0 Å². The minimum atomic E-state index is -0.171. The van der Waals surface area contributed by atoms with Gasteiger partial charge < -0.3 is 9.47 Å². The van der Waals surface area contributed by atoms with E-state index in [2.05, 4.69) is 78.0 Å². The van der Waals surface area contributed by atoms with Gasteiger partial charge in [0, 0.05) is 12.3 Å². The highest BCUT2D eigenvalue weighted by Gasteiger charge is 2.25. The normalized spacial score (nSPS) is 18.8. The lowest BCUT2D eigenvalue weighted by Crippen LogP contribution is -2.32. The Morgan fingerprint density at radius 3 is 2.19 bits per heavy atom. The first-order chi connectivity index (χ1) is 12.8. The highest BCUT2D eigenvalue weighted by Crippen LogP contribution is 2.31. The van der Waals surface area contributed by atoms with E-state index in [-0.39, 0.29) is 11.7 Å². The van der Waals surface area contributed by atoms with E-state index >= 15 is 0 Å². The molecule has 1 aromatic carbocycles. The largest absolute Gasteiger partial charge is 0.465 e. The molecule has 27 heavy (non-hydrogen) atoms. The summed E-state index contributed by atoms with van der Waals surface area (Å²) in [5, 5.41) is 0. The fourth-order valence-corrected chi connectivity index (χ4v) is 3.88. The summed E-state index contributed by atoms with van der Waals surface area (Å²) in [5.41, 5.74) is 1.52. The second kappa shape index (κ2) is 10.3. The van der Waals surface area contributed by atoms with E-state index in [1.165, 1.54) is 37.7 Å². The van der Waals surface area contributed by atoms with Crippen molar-refractivity contribution in [3.63, 3.8) is 0 Å². The predicted molar refractivity (Wildman–Crippen MR) is 115 cm³/mol. The third-order valence-corrected chi connectivity index (χ3v) is 5.33. The summed E-state index contributed by atoms with van der Waals surface area (Å²) >= 11 is 0. The molecule has 0 spiro atoms. The van der Waals surface area contributed by atoms with Gasteiger partial charge in [0.1, 0.15) is 5.75 Å². The Bertz CT molecular complexity index is 559. The highest BCUT2D eigenvalue weighted by atomic mass is 16.7. The molecule has 0 aromatic heterocycles. The van der Waals surface area contributed by atoms with Gasteiger partial charge in [0.2, 0.25) is 6.29 Å². The zero-order valence-electron chi connectivity index (χ0n) is 18.3. The monoisotopic (exact) mass is 372 g/mol. The van der Waals surface area contributed by atoms with Crippen LogP contribution in [0.3, 0.4) is 0 Å². The van der Waals surface area contributed by atoms with Crippen LogP contribution in [0.15, 0.2) is 36.4 Å². The molecule has 152 valence electrons. The third kappa shape index (κ3) is 7.70. The van der Waals surface area contributed by atoms with E-state index in [4.69, 9.17) is 9.47 Å². The first-order valence-corrected chi connectivity index (χ1v) is 10.8. The quantitative estimate of drug-likeness (QED) is 0.347. The van der Waals surface area contributed by atoms with Crippen molar-refractivity contribution in [2.24, 2.45) is 11.3 Å². The van der Waals surface area contributed by atoms with E-state index < -0.39 is 0 Å². The van der Waals surface area contributed by atoms with Gasteiger partial charge >= 0.3 is 0 Å². The molecule has 2 heteroatoms. The fraction of sp³-hybridized carbons (Fsp3) is 0.680. The molecule has 1 aliphatic carbocycles. The SMILES string of the molecule is C/C=C\C(c1ccc(OC(CC(C)(C)C)OC2CCCCC2)cc1)C(C)C. The van der Waals surface area contributed by atoms with Gasteiger partial charge in [-0.15, -0.1) is 0 Å². The molecule has 1 fully saturated rings. The Labute approximate surface area is 167 Å². The van der Waals surface area contributed by atoms with Gasteiger partial charge in [0.15, 0.2) is 0 Å². The van der Waals surface area contributed by atoms with Gasteiger partial charge in [-0.05, 0) is 48.8 Å². The molecule has 0 aliphatic heterocycles. The Balaban J connectivity index is 2.06. The van der Waals surface area contributed by atoms with Crippen LogP contribution in [0.5, 0.6) is 5.75 Å². The van der Waals surface area contributed by atoms with Crippen LogP contribution in [0.1, 0.15) is 91.5 Å². The standard InChI is InChI=1S/C25H40O2/c1-7-11-23(19(2)3)20-14-16-22(17-15-20)27-24(18-25(4,5)6)26-21-12-9-8-10-13-21/h7,11,14-17,19,21,23-24H,8-10,12-13,18H2,1-6H3/b11-7-. The third-order valence-electron chi connectivity index (χ3n) is 5.33. The number of hydrogen-bond donors (Lipinski definition) is 0. The Morgan fingerprint density at radius 1 is 1.04 bits per heavy atom. The van der Waals surface area contributed by atoms with Crippen LogP contribution >= 0.6 is 0 Å². The van der Waals surface area contributed by atoms with Crippen molar-refractivity contribution in [3.8, 4) is 5.75 Å². The molecule has 2 atom stereocenters. The topological polar surface area (TPSA) is 18.5 Å². The lowest BCUT2D eigenvalue weighted by atomic mass is 9.88. The van der Waals surface area contributed by atoms with E-state index in [1.807, 2.05) is 0 Å². The van der Waals surface area contributed by atoms with Crippen molar-refractivity contribution in [1.29, 1.82) is 0 Å². The summed E-state index contributed by atoms with van der Waals surface area (Å²) in [4.78, 5) is 0. The van der Waals surface area contributed by atoms with Crippen LogP contribution in [0.2, 0.25) is 0 Å². The summed E-state index contributed by atoms with van der Waals surface area (Å²) < 4.78 is 12.7.